The van der Waals surface area contributed by atoms with Gasteiger partial charge < -0.3 is 13.6 Å². The van der Waals surface area contributed by atoms with E-state index in [0.29, 0.717) is 28.9 Å². The van der Waals surface area contributed by atoms with Crippen LogP contribution >= 0.6 is 0 Å². The van der Waals surface area contributed by atoms with Gasteiger partial charge >= 0.3 is 0 Å². The van der Waals surface area contributed by atoms with Crippen LogP contribution in [-0.2, 0) is 0 Å². The molecule has 0 radical (unpaired) electrons. The maximum Gasteiger partial charge on any atom is 0.227 e. The van der Waals surface area contributed by atoms with E-state index in [2.05, 4.69) is 118 Å². The average Bonchev–Trinajstić information content (AvgIpc) is 3.74. The van der Waals surface area contributed by atoms with Gasteiger partial charge in [0.25, 0.3) is 0 Å². The molecule has 60 heavy (non-hydrogen) atoms. The highest BCUT2D eigenvalue weighted by Crippen LogP contribution is 2.40. The fourth-order valence-electron chi connectivity index (χ4n) is 8.81. The van der Waals surface area contributed by atoms with Crippen LogP contribution < -0.4 is 10.4 Å². The Labute approximate surface area is 342 Å². The number of nitrogens with zero attached hydrogens (tertiary/aromatic N) is 6. The molecule has 4 aromatic heterocycles. The molecule has 7 nitrogen and oxygen atoms in total. The van der Waals surface area contributed by atoms with Crippen molar-refractivity contribution in [2.45, 2.75) is 0 Å². The molecule has 0 fully saturated rings. The summed E-state index contributed by atoms with van der Waals surface area (Å²) in [5.74, 6) is 2.31. The van der Waals surface area contributed by atoms with Crippen LogP contribution in [0.2, 0.25) is 0 Å². The zero-order valence-corrected chi connectivity index (χ0v) is 31.9. The number of hydrogen-bond acceptors (Lipinski definition) is 5. The van der Waals surface area contributed by atoms with Crippen LogP contribution in [-0.4, -0.2) is 29.1 Å². The smallest absolute Gasteiger partial charge is 0.227 e. The Morgan fingerprint density at radius 3 is 1.72 bits per heavy atom. The summed E-state index contributed by atoms with van der Waals surface area (Å²) >= 11 is 0. The van der Waals surface area contributed by atoms with Crippen molar-refractivity contribution in [3.05, 3.63) is 192 Å². The van der Waals surface area contributed by atoms with Gasteiger partial charge in [-0.2, -0.15) is 0 Å². The Kier molecular flexibility index (Phi) is 6.84. The fraction of sp³-hybridized carbons (Fsp3) is 0. The zero-order chi connectivity index (χ0) is 39.3. The summed E-state index contributed by atoms with van der Waals surface area (Å²) in [4.78, 5) is 19.7. The zero-order valence-electron chi connectivity index (χ0n) is 31.9. The molecular formula is C53H30N6O. The second-order valence-corrected chi connectivity index (χ2v) is 15.2. The van der Waals surface area contributed by atoms with Crippen LogP contribution in [0.5, 0.6) is 0 Å². The van der Waals surface area contributed by atoms with Crippen LogP contribution in [0, 0.1) is 0 Å². The number of benzene rings is 8. The van der Waals surface area contributed by atoms with E-state index in [1.165, 1.54) is 37.5 Å². The van der Waals surface area contributed by atoms with Gasteiger partial charge in [0.1, 0.15) is 5.52 Å². The van der Waals surface area contributed by atoms with Crippen molar-refractivity contribution in [1.29, 1.82) is 0 Å². The Bertz CT molecular complexity index is 3820. The predicted molar refractivity (Wildman–Crippen MR) is 240 cm³/mol. The molecule has 7 heteroatoms. The van der Waals surface area contributed by atoms with E-state index in [4.69, 9.17) is 24.4 Å². The van der Waals surface area contributed by atoms with E-state index in [-0.39, 0.29) is 0 Å². The monoisotopic (exact) mass is 766 g/mol. The Hall–Kier alpha value is -8.38. The molecule has 12 aromatic rings. The lowest BCUT2D eigenvalue weighted by molar-refractivity contribution is 0.620. The molecule has 0 spiro atoms. The Morgan fingerprint density at radius 2 is 1.00 bits per heavy atom. The third kappa shape index (κ3) is 5.04. The van der Waals surface area contributed by atoms with Crippen LogP contribution in [0.3, 0.4) is 0 Å². The fourth-order valence-corrected chi connectivity index (χ4v) is 8.81. The number of para-hydroxylation sites is 2. The number of rotatable bonds is 6. The summed E-state index contributed by atoms with van der Waals surface area (Å²) in [7, 11) is 0. The normalized spacial score (nSPS) is 12.0. The van der Waals surface area contributed by atoms with Gasteiger partial charge in [0.15, 0.2) is 23.1 Å². The lowest BCUT2D eigenvalue weighted by Crippen LogP contribution is -2.14. The third-order valence-electron chi connectivity index (χ3n) is 11.6. The first kappa shape index (κ1) is 32.7. The van der Waals surface area contributed by atoms with Gasteiger partial charge in [-0.25, -0.2) is 19.9 Å². The first-order valence-corrected chi connectivity index (χ1v) is 20.0. The first-order chi connectivity index (χ1) is 29.7. The SMILES string of the molecule is C1=c2cccc(-n3c4ccccc4c4cc5c6ccccc6n(-c6cccc(-c7nc8ccc(-c9nc(-c%10ccccc%10)nc(-c%10ccccc%10)n9)cc8o7)c6)c5cc43)c2=1. The van der Waals surface area contributed by atoms with Gasteiger partial charge in [0, 0.05) is 54.7 Å². The molecule has 0 amide bonds. The van der Waals surface area contributed by atoms with Gasteiger partial charge in [0.2, 0.25) is 5.89 Å². The minimum atomic E-state index is 0.538. The third-order valence-corrected chi connectivity index (χ3v) is 11.6. The van der Waals surface area contributed by atoms with Crippen LogP contribution in [0.15, 0.2) is 186 Å². The standard InChI is InChI=1S/C53H30N6O/c1-3-13-32(14-4-1)50-55-51(33-15-5-2-6-16-33)57-52(56-50)35-25-26-43-49(29-35)60-53(54-43)36-18-11-19-37(27-36)58-44-22-9-7-20-38(44)41-30-42-39-21-8-10-23-45(39)59(48(42)31-47(41)58)46-24-12-17-34-28-40(34)46/h1-27,29-31H. The minimum Gasteiger partial charge on any atom is -0.436 e. The molecule has 4 heterocycles. The minimum absolute atomic E-state index is 0.538. The molecule has 0 saturated carbocycles. The lowest BCUT2D eigenvalue weighted by atomic mass is 10.1. The molecule has 1 aliphatic rings. The molecule has 278 valence electrons. The van der Waals surface area contributed by atoms with Crippen molar-refractivity contribution in [2.75, 3.05) is 0 Å². The van der Waals surface area contributed by atoms with E-state index in [1.807, 2.05) is 78.9 Å². The molecule has 0 unspecified atom stereocenters. The molecule has 13 rings (SSSR count). The van der Waals surface area contributed by atoms with Crippen molar-refractivity contribution < 1.29 is 4.42 Å². The molecule has 0 atom stereocenters. The van der Waals surface area contributed by atoms with E-state index in [1.54, 1.807) is 0 Å². The van der Waals surface area contributed by atoms with Gasteiger partial charge in [-0.15, -0.1) is 5.73 Å². The van der Waals surface area contributed by atoms with Crippen molar-refractivity contribution in [3.63, 3.8) is 0 Å². The van der Waals surface area contributed by atoms with Crippen molar-refractivity contribution in [3.8, 4) is 57.0 Å². The van der Waals surface area contributed by atoms with Crippen molar-refractivity contribution >= 4 is 60.4 Å². The van der Waals surface area contributed by atoms with Crippen LogP contribution in [0.1, 0.15) is 0 Å². The van der Waals surface area contributed by atoms with Gasteiger partial charge in [0.05, 0.1) is 33.0 Å². The second-order valence-electron chi connectivity index (χ2n) is 15.2. The van der Waals surface area contributed by atoms with Crippen molar-refractivity contribution in [1.82, 2.24) is 29.1 Å². The highest BCUT2D eigenvalue weighted by molar-refractivity contribution is 6.19. The maximum atomic E-state index is 6.56. The Balaban J connectivity index is 0.947. The highest BCUT2D eigenvalue weighted by atomic mass is 16.3. The summed E-state index contributed by atoms with van der Waals surface area (Å²) in [6.45, 7) is 0. The van der Waals surface area contributed by atoms with Gasteiger partial charge in [-0.3, -0.25) is 0 Å². The van der Waals surface area contributed by atoms with Crippen LogP contribution in [0.4, 0.5) is 0 Å². The highest BCUT2D eigenvalue weighted by Gasteiger charge is 2.21. The van der Waals surface area contributed by atoms with E-state index in [0.717, 1.165) is 55.7 Å². The summed E-state index contributed by atoms with van der Waals surface area (Å²) in [6, 6.07) is 62.9. The first-order valence-electron chi connectivity index (χ1n) is 20.0. The van der Waals surface area contributed by atoms with E-state index in [9.17, 15) is 0 Å². The molecule has 1 aliphatic carbocycles. The summed E-state index contributed by atoms with van der Waals surface area (Å²) < 4.78 is 11.3. The number of hydrogen-bond donors (Lipinski definition) is 0. The van der Waals surface area contributed by atoms with Crippen molar-refractivity contribution in [2.24, 2.45) is 0 Å². The van der Waals surface area contributed by atoms with Gasteiger partial charge in [-0.1, -0.05) is 109 Å². The van der Waals surface area contributed by atoms with Gasteiger partial charge in [-0.05, 0) is 72.8 Å². The number of aromatic nitrogens is 6. The van der Waals surface area contributed by atoms with E-state index >= 15 is 0 Å². The lowest BCUT2D eigenvalue weighted by Gasteiger charge is -2.10. The summed E-state index contributed by atoms with van der Waals surface area (Å²) in [5.41, 5.74) is 15.2. The van der Waals surface area contributed by atoms with E-state index < -0.39 is 0 Å². The largest absolute Gasteiger partial charge is 0.436 e. The molecule has 0 saturated heterocycles. The number of oxazole rings is 1. The molecule has 0 N–H and O–H groups in total. The topological polar surface area (TPSA) is 74.6 Å². The summed E-state index contributed by atoms with van der Waals surface area (Å²) in [5, 5.41) is 7.22. The molecule has 0 aliphatic heterocycles. The van der Waals surface area contributed by atoms with Crippen LogP contribution in [0.25, 0.3) is 117 Å². The summed E-state index contributed by atoms with van der Waals surface area (Å²) in [6.07, 6.45) is 0. The number of fused-ring (bicyclic) bond motifs is 8. The average molecular weight is 767 g/mol. The quantitative estimate of drug-likeness (QED) is 0.168. The predicted octanol–water partition coefficient (Wildman–Crippen LogP) is 10.9. The Morgan fingerprint density at radius 1 is 0.400 bits per heavy atom. The molecule has 8 aromatic carbocycles. The maximum absolute atomic E-state index is 6.56. The molecule has 0 bridgehead atoms. The second kappa shape index (κ2) is 12.6. The molecular weight excluding hydrogens is 737 g/mol.